The molecule has 0 amide bonds. The molecule has 1 aliphatic heterocycles. The Morgan fingerprint density at radius 1 is 1.13 bits per heavy atom. The fraction of sp³-hybridized carbons (Fsp3) is 0.174. The van der Waals surface area contributed by atoms with Crippen molar-refractivity contribution in [3.05, 3.63) is 96.4 Å². The van der Waals surface area contributed by atoms with Crippen molar-refractivity contribution in [2.75, 3.05) is 14.2 Å². The fourth-order valence-corrected chi connectivity index (χ4v) is 4.55. The average Bonchev–Trinajstić information content (AvgIpc) is 3.08. The van der Waals surface area contributed by atoms with Gasteiger partial charge in [0.2, 0.25) is 0 Å². The van der Waals surface area contributed by atoms with E-state index in [1.54, 1.807) is 44.4 Å². The van der Waals surface area contributed by atoms with Crippen molar-refractivity contribution in [3.8, 4) is 5.75 Å². The maximum absolute atomic E-state index is 13.4. The molecule has 1 atom stereocenters. The van der Waals surface area contributed by atoms with Crippen LogP contribution in [0.25, 0.3) is 6.08 Å². The van der Waals surface area contributed by atoms with Crippen LogP contribution in [0.2, 0.25) is 0 Å². The first-order valence-corrected chi connectivity index (χ1v) is 10.2. The number of methoxy groups -OCH3 is 2. The predicted octanol–water partition coefficient (Wildman–Crippen LogP) is 2.56. The summed E-state index contributed by atoms with van der Waals surface area (Å²) in [5, 5.41) is 0. The maximum atomic E-state index is 13.4. The summed E-state index contributed by atoms with van der Waals surface area (Å²) in [7, 11) is 2.87. The summed E-state index contributed by atoms with van der Waals surface area (Å²) in [6.07, 6.45) is 1.69. The van der Waals surface area contributed by atoms with E-state index < -0.39 is 12.0 Å². The van der Waals surface area contributed by atoms with Crippen molar-refractivity contribution in [3.63, 3.8) is 0 Å². The van der Waals surface area contributed by atoms with Gasteiger partial charge in [-0.1, -0.05) is 35.6 Å². The Bertz CT molecular complexity index is 1350. The molecule has 1 aromatic heterocycles. The number of nitrogens with zero attached hydrogens (tertiary/aromatic N) is 2. The third-order valence-corrected chi connectivity index (χ3v) is 6.01. The zero-order chi connectivity index (χ0) is 22.1. The highest BCUT2D eigenvalue weighted by atomic mass is 32.1. The van der Waals surface area contributed by atoms with Crippen LogP contribution in [0.3, 0.4) is 0 Å². The number of aromatic nitrogens is 1. The maximum Gasteiger partial charge on any atom is 0.338 e. The number of allylic oxidation sites excluding steroid dienone is 1. The molecule has 31 heavy (non-hydrogen) atoms. The van der Waals surface area contributed by atoms with Crippen LogP contribution in [-0.2, 0) is 9.53 Å². The van der Waals surface area contributed by atoms with Gasteiger partial charge >= 0.3 is 5.97 Å². The third kappa shape index (κ3) is 3.82. The molecule has 0 N–H and O–H groups in total. The molecule has 8 heteroatoms. The SMILES string of the molecule is COC(=O)C1=C(C)N=c2s/c(=C/c3ccc(F)cc3)c(=O)n2[C@H]1c1ccc(OC)cc1. The quantitative estimate of drug-likeness (QED) is 0.587. The third-order valence-electron chi connectivity index (χ3n) is 5.03. The van der Waals surface area contributed by atoms with Gasteiger partial charge in [0.05, 0.1) is 36.1 Å². The van der Waals surface area contributed by atoms with E-state index in [9.17, 15) is 14.0 Å². The molecule has 3 aromatic rings. The summed E-state index contributed by atoms with van der Waals surface area (Å²) in [4.78, 5) is 31.0. The van der Waals surface area contributed by atoms with E-state index >= 15 is 0 Å². The lowest BCUT2D eigenvalue weighted by atomic mass is 9.96. The van der Waals surface area contributed by atoms with Gasteiger partial charge in [-0.05, 0) is 48.4 Å². The first-order chi connectivity index (χ1) is 14.9. The number of fused-ring (bicyclic) bond motifs is 1. The number of hydrogen-bond acceptors (Lipinski definition) is 6. The molecule has 0 fully saturated rings. The average molecular weight is 438 g/mol. The zero-order valence-corrected chi connectivity index (χ0v) is 17.9. The first-order valence-electron chi connectivity index (χ1n) is 9.43. The summed E-state index contributed by atoms with van der Waals surface area (Å²) in [6, 6.07) is 12.3. The number of thiazole rings is 1. The van der Waals surface area contributed by atoms with Gasteiger partial charge in [-0.25, -0.2) is 14.2 Å². The summed E-state index contributed by atoms with van der Waals surface area (Å²) in [5.41, 5.74) is 1.92. The molecule has 0 radical (unpaired) electrons. The van der Waals surface area contributed by atoms with Gasteiger partial charge in [0.15, 0.2) is 4.80 Å². The number of hydrogen-bond donors (Lipinski definition) is 0. The Hall–Kier alpha value is -3.52. The van der Waals surface area contributed by atoms with E-state index in [1.165, 1.54) is 35.1 Å². The van der Waals surface area contributed by atoms with E-state index in [0.29, 0.717) is 31.9 Å². The molecule has 1 aliphatic rings. The second-order valence-electron chi connectivity index (χ2n) is 6.90. The zero-order valence-electron chi connectivity index (χ0n) is 17.1. The van der Waals surface area contributed by atoms with Crippen LogP contribution in [0.4, 0.5) is 4.39 Å². The summed E-state index contributed by atoms with van der Waals surface area (Å²) < 4.78 is 25.4. The summed E-state index contributed by atoms with van der Waals surface area (Å²) in [6.45, 7) is 1.72. The highest BCUT2D eigenvalue weighted by molar-refractivity contribution is 7.07. The van der Waals surface area contributed by atoms with Gasteiger partial charge in [0.25, 0.3) is 5.56 Å². The predicted molar refractivity (Wildman–Crippen MR) is 115 cm³/mol. The van der Waals surface area contributed by atoms with Crippen LogP contribution in [0.1, 0.15) is 24.1 Å². The van der Waals surface area contributed by atoms with Crippen molar-refractivity contribution in [1.82, 2.24) is 4.57 Å². The van der Waals surface area contributed by atoms with Crippen LogP contribution in [0, 0.1) is 5.82 Å². The molecule has 0 spiro atoms. The van der Waals surface area contributed by atoms with Crippen molar-refractivity contribution < 1.29 is 18.7 Å². The topological polar surface area (TPSA) is 69.9 Å². The monoisotopic (exact) mass is 438 g/mol. The Morgan fingerprint density at radius 2 is 1.81 bits per heavy atom. The van der Waals surface area contributed by atoms with Crippen molar-refractivity contribution in [2.45, 2.75) is 13.0 Å². The number of rotatable bonds is 4. The Labute approximate surface area is 181 Å². The van der Waals surface area contributed by atoms with E-state index in [2.05, 4.69) is 4.99 Å². The molecule has 2 heterocycles. The molecule has 0 bridgehead atoms. The van der Waals surface area contributed by atoms with Crippen molar-refractivity contribution in [1.29, 1.82) is 0 Å². The number of ether oxygens (including phenoxy) is 2. The smallest absolute Gasteiger partial charge is 0.338 e. The van der Waals surface area contributed by atoms with Crippen LogP contribution in [0.5, 0.6) is 5.75 Å². The van der Waals surface area contributed by atoms with Crippen LogP contribution < -0.4 is 19.6 Å². The van der Waals surface area contributed by atoms with Gasteiger partial charge < -0.3 is 9.47 Å². The molecule has 6 nitrogen and oxygen atoms in total. The van der Waals surface area contributed by atoms with Crippen LogP contribution >= 0.6 is 11.3 Å². The van der Waals surface area contributed by atoms with E-state index in [-0.39, 0.29) is 11.4 Å². The van der Waals surface area contributed by atoms with Gasteiger partial charge in [-0.15, -0.1) is 0 Å². The van der Waals surface area contributed by atoms with Crippen molar-refractivity contribution >= 4 is 23.4 Å². The summed E-state index contributed by atoms with van der Waals surface area (Å²) >= 11 is 1.22. The highest BCUT2D eigenvalue weighted by Gasteiger charge is 2.33. The van der Waals surface area contributed by atoms with E-state index in [4.69, 9.17) is 9.47 Å². The molecule has 4 rings (SSSR count). The lowest BCUT2D eigenvalue weighted by Gasteiger charge is -2.24. The molecule has 0 unspecified atom stereocenters. The highest BCUT2D eigenvalue weighted by Crippen LogP contribution is 2.31. The number of halogens is 1. The molecule has 2 aromatic carbocycles. The fourth-order valence-electron chi connectivity index (χ4n) is 3.50. The van der Waals surface area contributed by atoms with Gasteiger partial charge in [0, 0.05) is 0 Å². The minimum absolute atomic E-state index is 0.289. The number of benzene rings is 2. The minimum atomic E-state index is -0.690. The largest absolute Gasteiger partial charge is 0.497 e. The molecular formula is C23H19FN2O4S. The standard InChI is InChI=1S/C23H19FN2O4S/c1-13-19(22(28)30-3)20(15-6-10-17(29-2)11-7-15)26-21(27)18(31-23(26)25-13)12-14-4-8-16(24)9-5-14/h4-12,20H,1-3H3/b18-12+/t20-/m0/s1. The van der Waals surface area contributed by atoms with Gasteiger partial charge in [-0.3, -0.25) is 9.36 Å². The molecule has 0 saturated carbocycles. The van der Waals surface area contributed by atoms with Crippen LogP contribution in [-0.4, -0.2) is 24.8 Å². The molecule has 158 valence electrons. The van der Waals surface area contributed by atoms with E-state index in [0.717, 1.165) is 5.56 Å². The lowest BCUT2D eigenvalue weighted by Crippen LogP contribution is -2.39. The first kappa shape index (κ1) is 20.7. The van der Waals surface area contributed by atoms with E-state index in [1.807, 2.05) is 12.1 Å². The number of esters is 1. The van der Waals surface area contributed by atoms with Crippen LogP contribution in [0.15, 0.2) is 69.6 Å². The van der Waals surface area contributed by atoms with Crippen molar-refractivity contribution in [2.24, 2.45) is 4.99 Å². The normalized spacial score (nSPS) is 16.0. The molecule has 0 aliphatic carbocycles. The summed E-state index contributed by atoms with van der Waals surface area (Å²) in [5.74, 6) is -0.237. The number of carbonyl (C=O) groups excluding carboxylic acids is 1. The second-order valence-corrected chi connectivity index (χ2v) is 7.91. The second kappa shape index (κ2) is 8.31. The van der Waals surface area contributed by atoms with Gasteiger partial charge in [0.1, 0.15) is 11.6 Å². The minimum Gasteiger partial charge on any atom is -0.497 e. The Kier molecular flexibility index (Phi) is 5.56. The number of carbonyl (C=O) groups is 1. The molecule has 0 saturated heterocycles. The Balaban J connectivity index is 1.94. The lowest BCUT2D eigenvalue weighted by molar-refractivity contribution is -0.136. The molecular weight excluding hydrogens is 419 g/mol. The van der Waals surface area contributed by atoms with Gasteiger partial charge in [-0.2, -0.15) is 0 Å². The Morgan fingerprint density at radius 3 is 2.42 bits per heavy atom.